The van der Waals surface area contributed by atoms with Crippen molar-refractivity contribution in [3.8, 4) is 0 Å². The van der Waals surface area contributed by atoms with Gasteiger partial charge in [-0.1, -0.05) is 279 Å². The third kappa shape index (κ3) is 39.9. The molecule has 12 unspecified atom stereocenters. The molecule has 2 saturated heterocycles. The Labute approximate surface area is 517 Å². The van der Waals surface area contributed by atoms with Crippen LogP contribution in [0.3, 0.4) is 0 Å². The first kappa shape index (κ1) is 78.5. The number of unbranched alkanes of at least 4 members (excludes halogenated alkanes) is 33. The molecule has 0 saturated carbocycles. The molecular formula is C71H127NO13. The van der Waals surface area contributed by atoms with Gasteiger partial charge in [0.05, 0.1) is 32.0 Å². The summed E-state index contributed by atoms with van der Waals surface area (Å²) in [6, 6.07) is -0.931. The first-order valence-corrected chi connectivity index (χ1v) is 34.7. The molecule has 0 spiro atoms. The lowest BCUT2D eigenvalue weighted by Gasteiger charge is -2.46. The molecular weight excluding hydrogens is 1070 g/mol. The van der Waals surface area contributed by atoms with Crippen molar-refractivity contribution in [2.24, 2.45) is 0 Å². The van der Waals surface area contributed by atoms with E-state index in [2.05, 4.69) is 79.9 Å². The van der Waals surface area contributed by atoms with E-state index in [0.717, 1.165) is 83.5 Å². The van der Waals surface area contributed by atoms with Crippen molar-refractivity contribution in [1.82, 2.24) is 5.32 Å². The van der Waals surface area contributed by atoms with Crippen LogP contribution in [0.4, 0.5) is 0 Å². The highest BCUT2D eigenvalue weighted by molar-refractivity contribution is 5.76. The van der Waals surface area contributed by atoms with E-state index >= 15 is 0 Å². The van der Waals surface area contributed by atoms with Crippen LogP contribution < -0.4 is 5.32 Å². The number of aliphatic hydroxyl groups is 8. The number of nitrogens with one attached hydrogen (secondary N) is 1. The van der Waals surface area contributed by atoms with Gasteiger partial charge in [0.1, 0.15) is 48.8 Å². The summed E-state index contributed by atoms with van der Waals surface area (Å²) < 4.78 is 22.8. The number of hydrogen-bond donors (Lipinski definition) is 9. The second-order valence-electron chi connectivity index (χ2n) is 24.3. The van der Waals surface area contributed by atoms with Gasteiger partial charge in [-0.3, -0.25) is 4.79 Å². The second kappa shape index (κ2) is 55.5. The van der Waals surface area contributed by atoms with E-state index in [1.54, 1.807) is 6.08 Å². The zero-order chi connectivity index (χ0) is 61.6. The molecule has 0 aliphatic carbocycles. The summed E-state index contributed by atoms with van der Waals surface area (Å²) in [7, 11) is 0. The van der Waals surface area contributed by atoms with Crippen LogP contribution in [0.1, 0.15) is 277 Å². The lowest BCUT2D eigenvalue weighted by atomic mass is 9.97. The van der Waals surface area contributed by atoms with Crippen molar-refractivity contribution < 1.29 is 64.6 Å². The largest absolute Gasteiger partial charge is 0.394 e. The predicted octanol–water partition coefficient (Wildman–Crippen LogP) is 13.8. The van der Waals surface area contributed by atoms with Crippen molar-refractivity contribution in [3.63, 3.8) is 0 Å². The zero-order valence-electron chi connectivity index (χ0n) is 53.6. The maximum absolute atomic E-state index is 13.3. The zero-order valence-corrected chi connectivity index (χ0v) is 53.6. The summed E-state index contributed by atoms with van der Waals surface area (Å²) in [6.07, 6.45) is 58.1. The molecule has 14 nitrogen and oxygen atoms in total. The van der Waals surface area contributed by atoms with Crippen LogP contribution in [-0.4, -0.2) is 140 Å². The number of hydrogen-bond acceptors (Lipinski definition) is 13. The molecule has 2 heterocycles. The molecule has 2 rings (SSSR count). The number of aliphatic hydroxyl groups excluding tert-OH is 8. The van der Waals surface area contributed by atoms with Crippen LogP contribution in [0, 0.1) is 0 Å². The molecule has 14 heteroatoms. The van der Waals surface area contributed by atoms with E-state index in [0.29, 0.717) is 6.42 Å². The Bertz CT molecular complexity index is 1700. The molecule has 1 amide bonds. The maximum Gasteiger partial charge on any atom is 0.220 e. The van der Waals surface area contributed by atoms with Gasteiger partial charge in [0.2, 0.25) is 5.91 Å². The van der Waals surface area contributed by atoms with Gasteiger partial charge in [0.15, 0.2) is 12.6 Å². The Morgan fingerprint density at radius 1 is 0.435 bits per heavy atom. The fourth-order valence-electron chi connectivity index (χ4n) is 11.1. The predicted molar refractivity (Wildman–Crippen MR) is 346 cm³/mol. The van der Waals surface area contributed by atoms with Crippen LogP contribution >= 0.6 is 0 Å². The van der Waals surface area contributed by atoms with E-state index in [-0.39, 0.29) is 18.9 Å². The molecule has 0 aromatic carbocycles. The average Bonchev–Trinajstić information content (AvgIpc) is 3.69. The minimum absolute atomic E-state index is 0.256. The van der Waals surface area contributed by atoms with Crippen LogP contribution in [0.5, 0.6) is 0 Å². The number of carbonyl (C=O) groups excluding carboxylic acids is 1. The van der Waals surface area contributed by atoms with E-state index in [4.69, 9.17) is 18.9 Å². The lowest BCUT2D eigenvalue weighted by Crippen LogP contribution is -2.65. The highest BCUT2D eigenvalue weighted by atomic mass is 16.7. The first-order valence-electron chi connectivity index (χ1n) is 34.7. The summed E-state index contributed by atoms with van der Waals surface area (Å²) in [5, 5.41) is 87.4. The van der Waals surface area contributed by atoms with Gasteiger partial charge in [-0.25, -0.2) is 0 Å². The number of allylic oxidation sites excluding steroid dienone is 11. The average molecular weight is 1200 g/mol. The first-order chi connectivity index (χ1) is 41.6. The summed E-state index contributed by atoms with van der Waals surface area (Å²) in [5.41, 5.74) is 0. The summed E-state index contributed by atoms with van der Waals surface area (Å²) >= 11 is 0. The summed E-state index contributed by atoms with van der Waals surface area (Å²) in [4.78, 5) is 13.3. The van der Waals surface area contributed by atoms with Crippen LogP contribution in [0.2, 0.25) is 0 Å². The number of rotatable bonds is 56. The summed E-state index contributed by atoms with van der Waals surface area (Å²) in [5.74, 6) is -0.257. The van der Waals surface area contributed by atoms with Gasteiger partial charge in [0.25, 0.3) is 0 Å². The maximum atomic E-state index is 13.3. The topological polar surface area (TPSA) is 228 Å². The molecule has 0 aromatic rings. The van der Waals surface area contributed by atoms with Gasteiger partial charge in [-0.2, -0.15) is 0 Å². The van der Waals surface area contributed by atoms with E-state index in [1.165, 1.54) is 167 Å². The molecule has 2 aliphatic heterocycles. The van der Waals surface area contributed by atoms with Crippen molar-refractivity contribution in [3.05, 3.63) is 72.9 Å². The van der Waals surface area contributed by atoms with Crippen LogP contribution in [-0.2, 0) is 23.7 Å². The molecule has 0 aromatic heterocycles. The van der Waals surface area contributed by atoms with E-state index in [9.17, 15) is 45.6 Å². The van der Waals surface area contributed by atoms with E-state index in [1.807, 2.05) is 6.08 Å². The second-order valence-corrected chi connectivity index (χ2v) is 24.3. The van der Waals surface area contributed by atoms with Gasteiger partial charge in [-0.15, -0.1) is 0 Å². The molecule has 9 N–H and O–H groups in total. The van der Waals surface area contributed by atoms with Gasteiger partial charge in [-0.05, 0) is 64.2 Å². The highest BCUT2D eigenvalue weighted by Crippen LogP contribution is 2.30. The van der Waals surface area contributed by atoms with Gasteiger partial charge in [0, 0.05) is 6.42 Å². The molecule has 494 valence electrons. The fourth-order valence-corrected chi connectivity index (χ4v) is 11.1. The monoisotopic (exact) mass is 1200 g/mol. The standard InChI is InChI=1S/C71H127NO13/c1-3-5-7-9-11-13-15-17-19-21-23-25-26-27-28-29-30-31-32-33-35-36-38-40-42-44-46-48-50-52-54-60(75)59(58-82-70-68(81)66(79)69(62(57-74)84-70)85-71-67(80)65(78)64(77)61(56-73)83-71)72-63(76)55-53-51-49-47-45-43-41-39-37-34-24-22-20-18-16-14-12-10-8-6-4-2/h6,8,12,14,18,20,24,34,39,41,52,54,59-62,64-71,73-75,77-81H,3-5,7,9-11,13,15-17,19,21-23,25-33,35-38,40,42-51,53,55-58H2,1-2H3,(H,72,76)/b8-6-,14-12-,20-18-,34-24-,41-39-,54-52+. The fraction of sp³-hybridized carbons (Fsp3) is 0.817. The molecule has 0 radical (unpaired) electrons. The highest BCUT2D eigenvalue weighted by Gasteiger charge is 2.51. The van der Waals surface area contributed by atoms with Crippen molar-refractivity contribution in [2.45, 2.75) is 351 Å². The smallest absolute Gasteiger partial charge is 0.220 e. The summed E-state index contributed by atoms with van der Waals surface area (Å²) in [6.45, 7) is 2.70. The number of ether oxygens (including phenoxy) is 4. The van der Waals surface area contributed by atoms with Crippen molar-refractivity contribution in [2.75, 3.05) is 19.8 Å². The number of carbonyl (C=O) groups is 1. The Morgan fingerprint density at radius 2 is 0.812 bits per heavy atom. The third-order valence-corrected chi connectivity index (χ3v) is 16.6. The van der Waals surface area contributed by atoms with Gasteiger partial charge < -0.3 is 65.1 Å². The minimum Gasteiger partial charge on any atom is -0.394 e. The normalized spacial score (nSPS) is 24.0. The van der Waals surface area contributed by atoms with Crippen molar-refractivity contribution >= 4 is 5.91 Å². The molecule has 12 atom stereocenters. The molecule has 2 aliphatic rings. The van der Waals surface area contributed by atoms with Crippen LogP contribution in [0.15, 0.2) is 72.9 Å². The number of amides is 1. The van der Waals surface area contributed by atoms with E-state index < -0.39 is 86.8 Å². The Morgan fingerprint density at radius 3 is 1.25 bits per heavy atom. The molecule has 2 fully saturated rings. The minimum atomic E-state index is -1.79. The third-order valence-electron chi connectivity index (χ3n) is 16.6. The Kier molecular flexibility index (Phi) is 51.3. The lowest BCUT2D eigenvalue weighted by molar-refractivity contribution is -0.359. The quantitative estimate of drug-likeness (QED) is 0.0204. The molecule has 0 bridgehead atoms. The van der Waals surface area contributed by atoms with Crippen LogP contribution in [0.25, 0.3) is 0 Å². The van der Waals surface area contributed by atoms with Crippen molar-refractivity contribution in [1.29, 1.82) is 0 Å². The Balaban J connectivity index is 1.69. The SMILES string of the molecule is CC/C=C\C/C=C\C/C=C\C/C=C\C/C=C\CCCCCCCC(=O)NC(COC1OC(CO)C(OC2OC(CO)C(O)C(O)C2O)C(O)C1O)C(O)/C=C/CCCCCCCCCCCCCCCCCCCCCCCCCCCCCC. The van der Waals surface area contributed by atoms with Gasteiger partial charge >= 0.3 is 0 Å². The Hall–Kier alpha value is -2.57. The molecule has 85 heavy (non-hydrogen) atoms.